The molecule has 0 saturated carbocycles. The minimum absolute atomic E-state index is 0.0822. The Kier molecular flexibility index (Phi) is 3.37. The van der Waals surface area contributed by atoms with E-state index in [0.29, 0.717) is 6.54 Å². The van der Waals surface area contributed by atoms with E-state index in [0.717, 1.165) is 24.4 Å². The molecule has 5 nitrogen and oxygen atoms in total. The molecular weight excluding hydrogens is 216 g/mol. The first-order valence-corrected chi connectivity index (χ1v) is 5.74. The van der Waals surface area contributed by atoms with Crippen LogP contribution < -0.4 is 0 Å². The highest BCUT2D eigenvalue weighted by molar-refractivity contribution is 5.93. The smallest absolute Gasteiger partial charge is 0.161 e. The van der Waals surface area contributed by atoms with Gasteiger partial charge in [0.25, 0.3) is 0 Å². The fraction of sp³-hybridized carbons (Fsp3) is 0.417. The minimum atomic E-state index is 0.0822. The Balaban J connectivity index is 2.13. The quantitative estimate of drug-likeness (QED) is 0.738. The number of aryl methyl sites for hydroxylation is 1. The monoisotopic (exact) mass is 232 g/mol. The van der Waals surface area contributed by atoms with Crippen LogP contribution in [0.5, 0.6) is 0 Å². The molecule has 0 spiro atoms. The van der Waals surface area contributed by atoms with Crippen molar-refractivity contribution < 1.29 is 4.79 Å². The van der Waals surface area contributed by atoms with E-state index in [2.05, 4.69) is 17.0 Å². The molecule has 2 aromatic rings. The highest BCUT2D eigenvalue weighted by Gasteiger charge is 2.06. The van der Waals surface area contributed by atoms with Gasteiger partial charge < -0.3 is 4.57 Å². The second-order valence-corrected chi connectivity index (χ2v) is 4.03. The summed E-state index contributed by atoms with van der Waals surface area (Å²) in [5.74, 6) is 0.997. The predicted molar refractivity (Wildman–Crippen MR) is 63.9 cm³/mol. The molecule has 0 saturated heterocycles. The number of rotatable bonds is 5. The van der Waals surface area contributed by atoms with Crippen molar-refractivity contribution in [3.63, 3.8) is 0 Å². The number of carbonyl (C=O) groups is 1. The van der Waals surface area contributed by atoms with Crippen LogP contribution in [0.2, 0.25) is 0 Å². The second kappa shape index (κ2) is 4.95. The Morgan fingerprint density at radius 2 is 2.29 bits per heavy atom. The molecule has 0 fully saturated rings. The number of nitrogens with zero attached hydrogens (tertiary/aromatic N) is 4. The molecule has 0 aromatic carbocycles. The average Bonchev–Trinajstić information content (AvgIpc) is 2.90. The zero-order chi connectivity index (χ0) is 12.3. The molecule has 2 aromatic heterocycles. The lowest BCUT2D eigenvalue weighted by Gasteiger charge is -2.05. The van der Waals surface area contributed by atoms with E-state index in [4.69, 9.17) is 0 Å². The van der Waals surface area contributed by atoms with Crippen molar-refractivity contribution in [2.24, 2.45) is 0 Å². The van der Waals surface area contributed by atoms with E-state index >= 15 is 0 Å². The van der Waals surface area contributed by atoms with Crippen LogP contribution in [0.4, 0.5) is 0 Å². The van der Waals surface area contributed by atoms with Crippen LogP contribution in [0.3, 0.4) is 0 Å². The first-order valence-electron chi connectivity index (χ1n) is 5.74. The van der Waals surface area contributed by atoms with E-state index < -0.39 is 0 Å². The van der Waals surface area contributed by atoms with Crippen LogP contribution in [-0.4, -0.2) is 25.1 Å². The van der Waals surface area contributed by atoms with Gasteiger partial charge >= 0.3 is 0 Å². The maximum absolute atomic E-state index is 11.2. The maximum Gasteiger partial charge on any atom is 0.161 e. The standard InChI is InChI=1S/C12H16N4O/c1-3-5-16-12(13-9-14-16)8-15-6-4-11(7-15)10(2)17/h4,6-7,9H,3,5,8H2,1-2H3. The maximum atomic E-state index is 11.2. The molecule has 17 heavy (non-hydrogen) atoms. The zero-order valence-corrected chi connectivity index (χ0v) is 10.1. The van der Waals surface area contributed by atoms with Crippen molar-refractivity contribution in [3.05, 3.63) is 36.2 Å². The van der Waals surface area contributed by atoms with Crippen molar-refractivity contribution in [3.8, 4) is 0 Å². The Labute approximate surface area is 100 Å². The number of ketones is 1. The first kappa shape index (κ1) is 11.6. The van der Waals surface area contributed by atoms with Crippen molar-refractivity contribution in [1.82, 2.24) is 19.3 Å². The summed E-state index contributed by atoms with van der Waals surface area (Å²) in [6, 6.07) is 1.82. The van der Waals surface area contributed by atoms with E-state index in [9.17, 15) is 4.79 Å². The molecule has 0 radical (unpaired) electrons. The molecule has 0 bridgehead atoms. The lowest BCUT2D eigenvalue weighted by atomic mass is 10.2. The summed E-state index contributed by atoms with van der Waals surface area (Å²) in [6.07, 6.45) is 6.33. The van der Waals surface area contributed by atoms with Gasteiger partial charge in [-0.3, -0.25) is 4.79 Å². The molecule has 0 aliphatic carbocycles. The van der Waals surface area contributed by atoms with Gasteiger partial charge in [-0.25, -0.2) is 9.67 Å². The third kappa shape index (κ3) is 2.61. The Hall–Kier alpha value is -1.91. The fourth-order valence-corrected chi connectivity index (χ4v) is 1.72. The van der Waals surface area contributed by atoms with Crippen molar-refractivity contribution in [2.45, 2.75) is 33.4 Å². The lowest BCUT2D eigenvalue weighted by molar-refractivity contribution is 0.101. The number of hydrogen-bond donors (Lipinski definition) is 0. The number of Topliss-reactive ketones (excluding diaryl/α,β-unsaturated/α-hetero) is 1. The Bertz CT molecular complexity index is 512. The van der Waals surface area contributed by atoms with Crippen LogP contribution >= 0.6 is 0 Å². The fourth-order valence-electron chi connectivity index (χ4n) is 1.72. The normalized spacial score (nSPS) is 10.7. The molecule has 0 aliphatic rings. The second-order valence-electron chi connectivity index (χ2n) is 4.03. The molecule has 0 aliphatic heterocycles. The predicted octanol–water partition coefficient (Wildman–Crippen LogP) is 1.74. The summed E-state index contributed by atoms with van der Waals surface area (Å²) >= 11 is 0. The van der Waals surface area contributed by atoms with Gasteiger partial charge in [-0.1, -0.05) is 6.92 Å². The van der Waals surface area contributed by atoms with Gasteiger partial charge in [0.05, 0.1) is 6.54 Å². The summed E-state index contributed by atoms with van der Waals surface area (Å²) in [6.45, 7) is 5.19. The van der Waals surface area contributed by atoms with Crippen LogP contribution in [0, 0.1) is 0 Å². The van der Waals surface area contributed by atoms with Gasteiger partial charge in [0.15, 0.2) is 5.78 Å². The van der Waals surface area contributed by atoms with Crippen molar-refractivity contribution in [2.75, 3.05) is 0 Å². The average molecular weight is 232 g/mol. The van der Waals surface area contributed by atoms with Gasteiger partial charge in [-0.15, -0.1) is 0 Å². The number of carbonyl (C=O) groups excluding carboxylic acids is 1. The lowest BCUT2D eigenvalue weighted by Crippen LogP contribution is -2.09. The Morgan fingerprint density at radius 1 is 1.47 bits per heavy atom. The van der Waals surface area contributed by atoms with Gasteiger partial charge in [-0.2, -0.15) is 5.10 Å². The van der Waals surface area contributed by atoms with Gasteiger partial charge in [0.1, 0.15) is 12.2 Å². The highest BCUT2D eigenvalue weighted by atomic mass is 16.1. The molecule has 0 amide bonds. The van der Waals surface area contributed by atoms with Gasteiger partial charge in [0.2, 0.25) is 0 Å². The summed E-state index contributed by atoms with van der Waals surface area (Å²) in [7, 11) is 0. The highest BCUT2D eigenvalue weighted by Crippen LogP contribution is 2.05. The molecule has 0 atom stereocenters. The summed E-state index contributed by atoms with van der Waals surface area (Å²) in [4.78, 5) is 15.4. The van der Waals surface area contributed by atoms with Crippen molar-refractivity contribution in [1.29, 1.82) is 0 Å². The first-order chi connectivity index (χ1) is 8.20. The van der Waals surface area contributed by atoms with E-state index in [1.807, 2.05) is 27.7 Å². The molecule has 90 valence electrons. The van der Waals surface area contributed by atoms with Crippen LogP contribution in [-0.2, 0) is 13.1 Å². The van der Waals surface area contributed by atoms with E-state index in [1.165, 1.54) is 0 Å². The third-order valence-electron chi connectivity index (χ3n) is 2.61. The third-order valence-corrected chi connectivity index (χ3v) is 2.61. The molecule has 0 N–H and O–H groups in total. The largest absolute Gasteiger partial charge is 0.346 e. The molecule has 5 heteroatoms. The summed E-state index contributed by atoms with van der Waals surface area (Å²) in [5.41, 5.74) is 0.728. The summed E-state index contributed by atoms with van der Waals surface area (Å²) in [5, 5.41) is 4.17. The zero-order valence-electron chi connectivity index (χ0n) is 10.1. The van der Waals surface area contributed by atoms with Crippen LogP contribution in [0.1, 0.15) is 36.5 Å². The summed E-state index contributed by atoms with van der Waals surface area (Å²) < 4.78 is 3.85. The Morgan fingerprint density at radius 3 is 2.94 bits per heavy atom. The molecule has 2 rings (SSSR count). The van der Waals surface area contributed by atoms with Crippen molar-refractivity contribution >= 4 is 5.78 Å². The number of hydrogen-bond acceptors (Lipinski definition) is 3. The van der Waals surface area contributed by atoms with Gasteiger partial charge in [0, 0.05) is 24.5 Å². The van der Waals surface area contributed by atoms with E-state index in [-0.39, 0.29) is 5.78 Å². The number of aromatic nitrogens is 4. The van der Waals surface area contributed by atoms with Crippen LogP contribution in [0.25, 0.3) is 0 Å². The van der Waals surface area contributed by atoms with E-state index in [1.54, 1.807) is 13.3 Å². The van der Waals surface area contributed by atoms with Crippen LogP contribution in [0.15, 0.2) is 24.8 Å². The van der Waals surface area contributed by atoms with Gasteiger partial charge in [-0.05, 0) is 19.4 Å². The molecular formula is C12H16N4O. The molecule has 0 unspecified atom stereocenters. The topological polar surface area (TPSA) is 52.7 Å². The minimum Gasteiger partial charge on any atom is -0.346 e. The SMILES string of the molecule is CCCn1ncnc1Cn1ccc(C(C)=O)c1. The molecule has 2 heterocycles.